The fourth-order valence-electron chi connectivity index (χ4n) is 3.19. The molecule has 0 unspecified atom stereocenters. The van der Waals surface area contributed by atoms with E-state index in [2.05, 4.69) is 20.4 Å². The number of benzene rings is 1. The highest BCUT2D eigenvalue weighted by Gasteiger charge is 2.16. The van der Waals surface area contributed by atoms with Crippen molar-refractivity contribution in [2.75, 3.05) is 11.9 Å². The van der Waals surface area contributed by atoms with Gasteiger partial charge in [0.25, 0.3) is 0 Å². The summed E-state index contributed by atoms with van der Waals surface area (Å²) in [5.41, 5.74) is 5.08. The maximum Gasteiger partial charge on any atom is 0.143 e. The summed E-state index contributed by atoms with van der Waals surface area (Å²) >= 11 is 1.54. The summed E-state index contributed by atoms with van der Waals surface area (Å²) in [7, 11) is 0. The lowest BCUT2D eigenvalue weighted by atomic mass is 10.1. The fourth-order valence-corrected chi connectivity index (χ4v) is 3.79. The van der Waals surface area contributed by atoms with Gasteiger partial charge in [0.2, 0.25) is 0 Å². The lowest BCUT2D eigenvalue weighted by Gasteiger charge is -2.17. The molecule has 0 saturated heterocycles. The van der Waals surface area contributed by atoms with Gasteiger partial charge in [0.05, 0.1) is 5.69 Å². The highest BCUT2D eigenvalue weighted by atomic mass is 32.1. The van der Waals surface area contributed by atoms with Gasteiger partial charge in [0.15, 0.2) is 0 Å². The molecule has 3 aromatic heterocycles. The molecule has 3 N–H and O–H groups in total. The topological polar surface area (TPSA) is 96.1 Å². The molecular weight excluding hydrogens is 386 g/mol. The van der Waals surface area contributed by atoms with E-state index in [0.717, 1.165) is 38.9 Å². The Balaban J connectivity index is 1.78. The Labute approximate surface area is 172 Å². The quantitative estimate of drug-likeness (QED) is 0.418. The Morgan fingerprint density at radius 2 is 2.03 bits per heavy atom. The molecule has 3 heterocycles. The molecule has 7 nitrogen and oxygen atoms in total. The molecule has 0 aliphatic carbocycles. The number of hydrogen-bond donors (Lipinski definition) is 3. The van der Waals surface area contributed by atoms with Crippen molar-refractivity contribution >= 4 is 22.8 Å². The van der Waals surface area contributed by atoms with E-state index in [9.17, 15) is 10.2 Å². The standard InChI is InChI=1S/C21H21N5O2S/c1-13-11-15(28)3-4-17(13)24-20-16(6-9-27)19(12-14(2)23-20)26-8-5-18(25-26)21-22-7-10-29-21/h3-5,7-8,10-12,27-28H,6,9H2,1-2H3,(H,23,24). The third-order valence-corrected chi connectivity index (χ3v) is 5.34. The van der Waals surface area contributed by atoms with Crippen LogP contribution in [0.3, 0.4) is 0 Å². The zero-order chi connectivity index (χ0) is 20.4. The Morgan fingerprint density at radius 3 is 2.76 bits per heavy atom. The van der Waals surface area contributed by atoms with E-state index >= 15 is 0 Å². The van der Waals surface area contributed by atoms with Gasteiger partial charge >= 0.3 is 0 Å². The van der Waals surface area contributed by atoms with E-state index in [1.165, 1.54) is 11.3 Å². The number of phenolic OH excluding ortho intramolecular Hbond substituents is 1. The van der Waals surface area contributed by atoms with Gasteiger partial charge in [-0.1, -0.05) is 0 Å². The number of aryl methyl sites for hydroxylation is 2. The number of phenols is 1. The second kappa shape index (κ2) is 8.02. The predicted octanol–water partition coefficient (Wildman–Crippen LogP) is 3.99. The minimum absolute atomic E-state index is 0.0123. The van der Waals surface area contributed by atoms with E-state index in [0.29, 0.717) is 12.2 Å². The number of rotatable bonds is 6. The van der Waals surface area contributed by atoms with Gasteiger partial charge in [-0.3, -0.25) is 0 Å². The molecule has 0 aliphatic heterocycles. The first-order valence-corrected chi connectivity index (χ1v) is 10.1. The SMILES string of the molecule is Cc1cc(-n2ccc(-c3nccs3)n2)c(CCO)c(Nc2ccc(O)cc2C)n1. The molecule has 0 saturated carbocycles. The highest BCUT2D eigenvalue weighted by molar-refractivity contribution is 7.13. The number of nitrogens with zero attached hydrogens (tertiary/aromatic N) is 4. The minimum Gasteiger partial charge on any atom is -0.508 e. The van der Waals surface area contributed by atoms with Crippen molar-refractivity contribution in [2.45, 2.75) is 20.3 Å². The molecule has 0 amide bonds. The number of nitrogens with one attached hydrogen (secondary N) is 1. The zero-order valence-corrected chi connectivity index (χ0v) is 16.9. The van der Waals surface area contributed by atoms with Gasteiger partial charge in [-0.2, -0.15) is 5.10 Å². The summed E-state index contributed by atoms with van der Waals surface area (Å²) in [5.74, 6) is 0.877. The molecule has 1 aromatic carbocycles. The third-order valence-electron chi connectivity index (χ3n) is 4.54. The van der Waals surface area contributed by atoms with Crippen molar-refractivity contribution < 1.29 is 10.2 Å². The van der Waals surface area contributed by atoms with Crippen LogP contribution in [-0.2, 0) is 6.42 Å². The summed E-state index contributed by atoms with van der Waals surface area (Å²) in [6.45, 7) is 3.83. The molecule has 0 aliphatic rings. The van der Waals surface area contributed by atoms with Crippen LogP contribution in [0.1, 0.15) is 16.8 Å². The van der Waals surface area contributed by atoms with E-state index < -0.39 is 0 Å². The van der Waals surface area contributed by atoms with Crippen molar-refractivity contribution in [3.63, 3.8) is 0 Å². The van der Waals surface area contributed by atoms with Gasteiger partial charge < -0.3 is 15.5 Å². The van der Waals surface area contributed by atoms with E-state index in [-0.39, 0.29) is 12.4 Å². The first-order chi connectivity index (χ1) is 14.0. The summed E-state index contributed by atoms with van der Waals surface area (Å²) < 4.78 is 1.80. The molecule has 0 spiro atoms. The summed E-state index contributed by atoms with van der Waals surface area (Å²) in [4.78, 5) is 8.97. The second-order valence-corrected chi connectivity index (χ2v) is 7.59. The smallest absolute Gasteiger partial charge is 0.143 e. The Morgan fingerprint density at radius 1 is 1.17 bits per heavy atom. The Kier molecular flexibility index (Phi) is 5.28. The first-order valence-electron chi connectivity index (χ1n) is 9.19. The molecule has 0 bridgehead atoms. The van der Waals surface area contributed by atoms with Crippen LogP contribution in [0.25, 0.3) is 16.4 Å². The number of thiazole rings is 1. The number of hydrogen-bond acceptors (Lipinski definition) is 7. The van der Waals surface area contributed by atoms with Crippen LogP contribution in [-0.4, -0.2) is 36.6 Å². The summed E-state index contributed by atoms with van der Waals surface area (Å²) in [5, 5.41) is 30.1. The molecule has 8 heteroatoms. The van der Waals surface area contributed by atoms with Crippen LogP contribution in [0.15, 0.2) is 48.1 Å². The van der Waals surface area contributed by atoms with Crippen LogP contribution in [0.2, 0.25) is 0 Å². The first kappa shape index (κ1) is 19.1. The van der Waals surface area contributed by atoms with Crippen LogP contribution < -0.4 is 5.32 Å². The van der Waals surface area contributed by atoms with E-state index in [1.807, 2.05) is 43.6 Å². The monoisotopic (exact) mass is 407 g/mol. The lowest BCUT2D eigenvalue weighted by molar-refractivity contribution is 0.299. The maximum absolute atomic E-state index is 9.67. The lowest BCUT2D eigenvalue weighted by Crippen LogP contribution is -2.09. The minimum atomic E-state index is -0.0123. The summed E-state index contributed by atoms with van der Waals surface area (Å²) in [6.07, 6.45) is 4.07. The second-order valence-electron chi connectivity index (χ2n) is 6.69. The molecule has 4 aromatic rings. The van der Waals surface area contributed by atoms with E-state index in [4.69, 9.17) is 0 Å². The number of aliphatic hydroxyl groups excluding tert-OH is 1. The maximum atomic E-state index is 9.67. The van der Waals surface area contributed by atoms with Crippen molar-refractivity contribution in [3.05, 3.63) is 64.9 Å². The van der Waals surface area contributed by atoms with Crippen molar-refractivity contribution in [2.24, 2.45) is 0 Å². The van der Waals surface area contributed by atoms with Crippen LogP contribution in [0.4, 0.5) is 11.5 Å². The Bertz CT molecular complexity index is 1140. The van der Waals surface area contributed by atoms with E-state index in [1.54, 1.807) is 23.0 Å². The van der Waals surface area contributed by atoms with Gasteiger partial charge in [0, 0.05) is 47.7 Å². The normalized spacial score (nSPS) is 11.0. The largest absolute Gasteiger partial charge is 0.508 e. The van der Waals surface area contributed by atoms with Gasteiger partial charge in [-0.15, -0.1) is 11.3 Å². The number of pyridine rings is 1. The van der Waals surface area contributed by atoms with Gasteiger partial charge in [-0.05, 0) is 49.7 Å². The van der Waals surface area contributed by atoms with Crippen molar-refractivity contribution in [1.29, 1.82) is 0 Å². The molecular formula is C21H21N5O2S. The van der Waals surface area contributed by atoms with Crippen LogP contribution >= 0.6 is 11.3 Å². The van der Waals surface area contributed by atoms with Gasteiger partial charge in [-0.25, -0.2) is 14.6 Å². The molecule has 0 radical (unpaired) electrons. The predicted molar refractivity (Wildman–Crippen MR) is 114 cm³/mol. The fraction of sp³-hybridized carbons (Fsp3) is 0.190. The van der Waals surface area contributed by atoms with Gasteiger partial charge in [0.1, 0.15) is 22.3 Å². The molecule has 29 heavy (non-hydrogen) atoms. The van der Waals surface area contributed by atoms with Crippen molar-refractivity contribution in [1.82, 2.24) is 19.7 Å². The average Bonchev–Trinajstić information content (AvgIpc) is 3.37. The molecule has 4 rings (SSSR count). The van der Waals surface area contributed by atoms with Crippen LogP contribution in [0, 0.1) is 13.8 Å². The van der Waals surface area contributed by atoms with Crippen LogP contribution in [0.5, 0.6) is 5.75 Å². The average molecular weight is 407 g/mol. The highest BCUT2D eigenvalue weighted by Crippen LogP contribution is 2.30. The molecule has 0 fully saturated rings. The molecule has 0 atom stereocenters. The number of aromatic nitrogens is 4. The number of aliphatic hydroxyl groups is 1. The summed E-state index contributed by atoms with van der Waals surface area (Å²) in [6, 6.07) is 9.02. The van der Waals surface area contributed by atoms with Crippen molar-refractivity contribution in [3.8, 4) is 22.1 Å². The zero-order valence-electron chi connectivity index (χ0n) is 16.1. The number of aromatic hydroxyl groups is 1. The molecule has 148 valence electrons. The third kappa shape index (κ3) is 3.98. The number of anilines is 2. The Hall–Kier alpha value is -3.23.